The second kappa shape index (κ2) is 56.2. The Morgan fingerprint density at radius 3 is 1.19 bits per heavy atom. The van der Waals surface area contributed by atoms with E-state index in [-0.39, 0.29) is 19.1 Å². The van der Waals surface area contributed by atoms with Gasteiger partial charge in [-0.1, -0.05) is 300 Å². The van der Waals surface area contributed by atoms with Crippen LogP contribution in [0.3, 0.4) is 0 Å². The Balaban J connectivity index is 3.84. The zero-order chi connectivity index (χ0) is 54.2. The number of likely N-dealkylation sites (N-methyl/N-ethyl adjacent to an activating group) is 1. The molecule has 0 aliphatic rings. The van der Waals surface area contributed by atoms with E-state index in [0.29, 0.717) is 23.9 Å². The maximum Gasteiger partial charge on any atom is 0.472 e. The molecule has 0 saturated heterocycles. The van der Waals surface area contributed by atoms with E-state index in [1.54, 1.807) is 0 Å². The molecule has 0 spiro atoms. The van der Waals surface area contributed by atoms with Crippen molar-refractivity contribution in [2.24, 2.45) is 0 Å². The number of quaternary nitrogens is 1. The van der Waals surface area contributed by atoms with Gasteiger partial charge >= 0.3 is 7.82 Å². The molecule has 9 heteroatoms. The Bertz CT molecular complexity index is 1340. The quantitative estimate of drug-likeness (QED) is 0.0243. The number of nitrogens with zero attached hydrogens (tertiary/aromatic N) is 1. The lowest BCUT2D eigenvalue weighted by atomic mass is 10.0. The zero-order valence-corrected chi connectivity index (χ0v) is 50.7. The lowest BCUT2D eigenvalue weighted by Gasteiger charge is -2.26. The average Bonchev–Trinajstić information content (AvgIpc) is 3.36. The minimum absolute atomic E-state index is 0.0767. The number of aliphatic hydroxyl groups is 1. The molecule has 8 nitrogen and oxygen atoms in total. The maximum atomic E-state index is 13.0. The van der Waals surface area contributed by atoms with Crippen molar-refractivity contribution in [2.75, 3.05) is 40.9 Å². The highest BCUT2D eigenvalue weighted by atomic mass is 31.2. The summed E-state index contributed by atoms with van der Waals surface area (Å²) in [5.41, 5.74) is 0. The van der Waals surface area contributed by atoms with Gasteiger partial charge in [0.15, 0.2) is 0 Å². The molecular formula is C65H126N2O6P+. The minimum Gasteiger partial charge on any atom is -0.391 e. The number of rotatable bonds is 59. The summed E-state index contributed by atoms with van der Waals surface area (Å²) < 4.78 is 23.8. The molecule has 0 aliphatic heterocycles. The van der Waals surface area contributed by atoms with Crippen molar-refractivity contribution in [3.63, 3.8) is 0 Å². The molecule has 0 aromatic heterocycles. The SMILES string of the molecule is CC/C=C\C/C=C\C/C=C\C/C=C\CCCCCCCCCCCCCCCCCCCCCCCCCCCCC(=O)NC(COP(=O)(O)OCC[N+](C)(C)C)C(O)CCCCCCCCCCCCCCC. The van der Waals surface area contributed by atoms with Gasteiger partial charge in [0.1, 0.15) is 13.2 Å². The van der Waals surface area contributed by atoms with Crippen LogP contribution in [0.15, 0.2) is 48.6 Å². The highest BCUT2D eigenvalue weighted by molar-refractivity contribution is 7.47. The highest BCUT2D eigenvalue weighted by Crippen LogP contribution is 2.43. The summed E-state index contributed by atoms with van der Waals surface area (Å²) in [4.78, 5) is 23.3. The lowest BCUT2D eigenvalue weighted by molar-refractivity contribution is -0.870. The Morgan fingerprint density at radius 1 is 0.473 bits per heavy atom. The fraction of sp³-hybridized carbons (Fsp3) is 0.862. The summed E-state index contributed by atoms with van der Waals surface area (Å²) in [5.74, 6) is -0.139. The van der Waals surface area contributed by atoms with Crippen molar-refractivity contribution in [2.45, 2.75) is 321 Å². The smallest absolute Gasteiger partial charge is 0.391 e. The molecule has 3 unspecified atom stereocenters. The first-order valence-electron chi connectivity index (χ1n) is 32.0. The first-order valence-corrected chi connectivity index (χ1v) is 33.5. The number of hydrogen-bond acceptors (Lipinski definition) is 5. The number of carbonyl (C=O) groups excluding carboxylic acids is 1. The van der Waals surface area contributed by atoms with E-state index in [2.05, 4.69) is 67.8 Å². The molecule has 0 aromatic carbocycles. The number of hydrogen-bond donors (Lipinski definition) is 3. The molecule has 3 N–H and O–H groups in total. The van der Waals surface area contributed by atoms with Crippen molar-refractivity contribution < 1.29 is 32.9 Å². The molecule has 1 amide bonds. The molecule has 0 aromatic rings. The number of unbranched alkanes of at least 4 members (excludes halogenated alkanes) is 38. The van der Waals surface area contributed by atoms with Crippen LogP contribution in [-0.2, 0) is 18.4 Å². The van der Waals surface area contributed by atoms with Crippen molar-refractivity contribution in [3.05, 3.63) is 48.6 Å². The molecule has 0 radical (unpaired) electrons. The summed E-state index contributed by atoms with van der Waals surface area (Å²) in [6.07, 6.45) is 75.0. The number of amides is 1. The minimum atomic E-state index is -4.32. The third-order valence-corrected chi connectivity index (χ3v) is 15.6. The summed E-state index contributed by atoms with van der Waals surface area (Å²) in [7, 11) is 1.63. The Labute approximate surface area is 460 Å². The fourth-order valence-electron chi connectivity index (χ4n) is 9.63. The Morgan fingerprint density at radius 2 is 0.811 bits per heavy atom. The molecule has 0 fully saturated rings. The molecule has 0 rings (SSSR count). The van der Waals surface area contributed by atoms with Crippen LogP contribution in [-0.4, -0.2) is 73.4 Å². The largest absolute Gasteiger partial charge is 0.472 e. The van der Waals surface area contributed by atoms with Crippen LogP contribution in [0.25, 0.3) is 0 Å². The average molecular weight is 1060 g/mol. The van der Waals surface area contributed by atoms with Gasteiger partial charge in [0.25, 0.3) is 0 Å². The van der Waals surface area contributed by atoms with Gasteiger partial charge in [-0.25, -0.2) is 4.57 Å². The summed E-state index contributed by atoms with van der Waals surface area (Å²) >= 11 is 0. The van der Waals surface area contributed by atoms with Crippen LogP contribution in [0.4, 0.5) is 0 Å². The topological polar surface area (TPSA) is 105 Å². The fourth-order valence-corrected chi connectivity index (χ4v) is 10.4. The molecule has 0 heterocycles. The Kier molecular flexibility index (Phi) is 55.0. The molecule has 0 saturated carbocycles. The predicted molar refractivity (Wildman–Crippen MR) is 323 cm³/mol. The van der Waals surface area contributed by atoms with Crippen LogP contribution < -0.4 is 5.32 Å². The third-order valence-electron chi connectivity index (χ3n) is 14.6. The van der Waals surface area contributed by atoms with Gasteiger partial charge in [-0.3, -0.25) is 13.8 Å². The number of phosphoric acid groups is 1. The van der Waals surface area contributed by atoms with Crippen LogP contribution in [0.5, 0.6) is 0 Å². The molecule has 3 atom stereocenters. The first-order chi connectivity index (χ1) is 36.0. The van der Waals surface area contributed by atoms with Gasteiger partial charge < -0.3 is 19.8 Å². The normalized spacial score (nSPS) is 14.1. The van der Waals surface area contributed by atoms with Crippen LogP contribution in [0, 0.1) is 0 Å². The standard InChI is InChI=1S/C65H125N2O6P/c1-6-8-10-12-14-16-18-20-21-22-23-24-25-26-27-28-29-30-31-32-33-34-35-36-37-38-39-40-41-42-43-44-45-47-49-51-53-55-57-59-65(69)66-63(62-73-74(70,71)72-61-60-67(3,4)5)64(68)58-56-54-52-50-48-46-19-17-15-13-11-9-7-2/h8,10,14,16,20-21,23-24,63-64,68H,6-7,9,11-13,15,17-19,22,25-62H2,1-5H3,(H-,66,69,70,71)/p+1/b10-8-,16-14-,21-20-,24-23-. The van der Waals surface area contributed by atoms with Gasteiger partial charge in [-0.2, -0.15) is 0 Å². The molecule has 436 valence electrons. The van der Waals surface area contributed by atoms with Gasteiger partial charge in [-0.05, 0) is 51.4 Å². The van der Waals surface area contributed by atoms with E-state index in [0.717, 1.165) is 64.2 Å². The van der Waals surface area contributed by atoms with Gasteiger partial charge in [-0.15, -0.1) is 0 Å². The summed E-state index contributed by atoms with van der Waals surface area (Å²) in [6, 6.07) is -0.758. The van der Waals surface area contributed by atoms with E-state index in [9.17, 15) is 19.4 Å². The molecule has 0 aliphatic carbocycles. The van der Waals surface area contributed by atoms with E-state index >= 15 is 0 Å². The van der Waals surface area contributed by atoms with Crippen LogP contribution in [0.1, 0.15) is 309 Å². The van der Waals surface area contributed by atoms with Crippen molar-refractivity contribution in [1.29, 1.82) is 0 Å². The second-order valence-corrected chi connectivity index (χ2v) is 24.6. The van der Waals surface area contributed by atoms with E-state index < -0.39 is 20.0 Å². The number of aliphatic hydroxyl groups excluding tert-OH is 1. The number of allylic oxidation sites excluding steroid dienone is 8. The van der Waals surface area contributed by atoms with Gasteiger partial charge in [0.2, 0.25) is 5.91 Å². The van der Waals surface area contributed by atoms with Crippen LogP contribution >= 0.6 is 7.82 Å². The molecule has 0 bridgehead atoms. The van der Waals surface area contributed by atoms with Gasteiger partial charge in [0.05, 0.1) is 39.9 Å². The first kappa shape index (κ1) is 72.5. The summed E-state index contributed by atoms with van der Waals surface area (Å²) in [5, 5.41) is 14.0. The van der Waals surface area contributed by atoms with Crippen molar-refractivity contribution in [3.8, 4) is 0 Å². The molecular weight excluding hydrogens is 936 g/mol. The molecule has 74 heavy (non-hydrogen) atoms. The lowest BCUT2D eigenvalue weighted by Crippen LogP contribution is -2.46. The Hall–Kier alpha value is -1.54. The van der Waals surface area contributed by atoms with Crippen LogP contribution in [0.2, 0.25) is 0 Å². The number of phosphoric ester groups is 1. The summed E-state index contributed by atoms with van der Waals surface area (Å²) in [6.45, 7) is 4.80. The van der Waals surface area contributed by atoms with Crippen molar-refractivity contribution in [1.82, 2.24) is 5.32 Å². The monoisotopic (exact) mass is 1060 g/mol. The second-order valence-electron chi connectivity index (χ2n) is 23.1. The van der Waals surface area contributed by atoms with E-state index in [1.165, 1.54) is 218 Å². The van der Waals surface area contributed by atoms with E-state index in [1.807, 2.05) is 21.1 Å². The predicted octanol–water partition coefficient (Wildman–Crippen LogP) is 19.9. The third kappa shape index (κ3) is 58.1. The van der Waals surface area contributed by atoms with Crippen molar-refractivity contribution >= 4 is 13.7 Å². The maximum absolute atomic E-state index is 13.0. The van der Waals surface area contributed by atoms with E-state index in [4.69, 9.17) is 9.05 Å². The number of nitrogens with one attached hydrogen (secondary N) is 1. The zero-order valence-electron chi connectivity index (χ0n) is 49.8. The number of carbonyl (C=O) groups is 1. The highest BCUT2D eigenvalue weighted by Gasteiger charge is 2.28. The van der Waals surface area contributed by atoms with Gasteiger partial charge in [0, 0.05) is 6.42 Å².